The maximum absolute atomic E-state index is 11.8. The predicted molar refractivity (Wildman–Crippen MR) is 79.1 cm³/mol. The molecule has 1 aliphatic rings. The lowest BCUT2D eigenvalue weighted by Gasteiger charge is -2.34. The molecule has 19 heavy (non-hydrogen) atoms. The van der Waals surface area contributed by atoms with E-state index >= 15 is 0 Å². The van der Waals surface area contributed by atoms with Gasteiger partial charge in [0.1, 0.15) is 0 Å². The molecule has 1 aliphatic heterocycles. The fraction of sp³-hybridized carbons (Fsp3) is 0.929. The highest BCUT2D eigenvalue weighted by molar-refractivity contribution is 5.78. The van der Waals surface area contributed by atoms with Crippen molar-refractivity contribution in [3.8, 4) is 0 Å². The van der Waals surface area contributed by atoms with Crippen LogP contribution in [0.3, 0.4) is 0 Å². The summed E-state index contributed by atoms with van der Waals surface area (Å²) in [5, 5.41) is 3.01. The second-order valence-corrected chi connectivity index (χ2v) is 6.41. The Bertz CT molecular complexity index is 267. The van der Waals surface area contributed by atoms with Gasteiger partial charge < -0.3 is 16.0 Å². The molecule has 0 aromatic heterocycles. The minimum atomic E-state index is -0.138. The van der Waals surface area contributed by atoms with E-state index in [-0.39, 0.29) is 11.4 Å². The first kappa shape index (κ1) is 16.4. The molecule has 5 heteroatoms. The average molecular weight is 270 g/mol. The van der Waals surface area contributed by atoms with Crippen molar-refractivity contribution in [1.29, 1.82) is 0 Å². The van der Waals surface area contributed by atoms with Crippen LogP contribution >= 0.6 is 0 Å². The number of nitrogens with one attached hydrogen (secondary N) is 1. The molecule has 5 nitrogen and oxygen atoms in total. The van der Waals surface area contributed by atoms with Gasteiger partial charge in [-0.15, -0.1) is 0 Å². The van der Waals surface area contributed by atoms with Crippen molar-refractivity contribution >= 4 is 5.91 Å². The minimum Gasteiger partial charge on any atom is -0.350 e. The van der Waals surface area contributed by atoms with Gasteiger partial charge in [0.05, 0.1) is 6.54 Å². The molecule has 0 unspecified atom stereocenters. The number of rotatable bonds is 6. The Kier molecular flexibility index (Phi) is 6.75. The number of carbonyl (C=O) groups excluding carboxylic acids is 1. The largest absolute Gasteiger partial charge is 0.350 e. The second-order valence-electron chi connectivity index (χ2n) is 6.41. The van der Waals surface area contributed by atoms with Crippen LogP contribution in [0.4, 0.5) is 0 Å². The number of hydrogen-bond donors (Lipinski definition) is 2. The summed E-state index contributed by atoms with van der Waals surface area (Å²) in [6.07, 6.45) is 2.29. The Morgan fingerprint density at radius 3 is 2.21 bits per heavy atom. The molecule has 1 heterocycles. The third-order valence-electron chi connectivity index (χ3n) is 3.28. The molecule has 0 saturated carbocycles. The van der Waals surface area contributed by atoms with E-state index in [9.17, 15) is 4.79 Å². The predicted octanol–water partition coefficient (Wildman–Crippen LogP) is 0.258. The van der Waals surface area contributed by atoms with Gasteiger partial charge in [0.25, 0.3) is 0 Å². The van der Waals surface area contributed by atoms with Crippen LogP contribution in [0.15, 0.2) is 0 Å². The highest BCUT2D eigenvalue weighted by Crippen LogP contribution is 2.04. The van der Waals surface area contributed by atoms with Gasteiger partial charge >= 0.3 is 0 Å². The van der Waals surface area contributed by atoms with Crippen molar-refractivity contribution in [3.05, 3.63) is 0 Å². The smallest absolute Gasteiger partial charge is 0.234 e. The van der Waals surface area contributed by atoms with E-state index in [1.807, 2.05) is 20.8 Å². The molecule has 112 valence electrons. The lowest BCUT2D eigenvalue weighted by atomic mass is 10.1. The zero-order valence-corrected chi connectivity index (χ0v) is 12.7. The summed E-state index contributed by atoms with van der Waals surface area (Å²) in [5.41, 5.74) is 5.36. The van der Waals surface area contributed by atoms with Crippen molar-refractivity contribution in [1.82, 2.24) is 15.1 Å². The molecular weight excluding hydrogens is 240 g/mol. The molecule has 0 radical (unpaired) electrons. The van der Waals surface area contributed by atoms with Crippen LogP contribution in [0.1, 0.15) is 33.6 Å². The number of amides is 1. The number of hydrogen-bond acceptors (Lipinski definition) is 4. The van der Waals surface area contributed by atoms with E-state index in [4.69, 9.17) is 5.73 Å². The third kappa shape index (κ3) is 7.50. The lowest BCUT2D eigenvalue weighted by Crippen LogP contribution is -2.51. The SMILES string of the molecule is CC(C)(C)NC(=O)CN1CCN(CCCCN)CC1. The first-order valence-electron chi connectivity index (χ1n) is 7.36. The van der Waals surface area contributed by atoms with Crippen LogP contribution in [0, 0.1) is 0 Å². The average Bonchev–Trinajstić information content (AvgIpc) is 2.29. The lowest BCUT2D eigenvalue weighted by molar-refractivity contribution is -0.124. The Balaban J connectivity index is 2.17. The van der Waals surface area contributed by atoms with Gasteiger partial charge in [-0.25, -0.2) is 0 Å². The zero-order valence-electron chi connectivity index (χ0n) is 12.7. The molecule has 0 aromatic rings. The van der Waals surface area contributed by atoms with E-state index in [1.165, 1.54) is 6.42 Å². The van der Waals surface area contributed by atoms with E-state index in [0.29, 0.717) is 6.54 Å². The maximum Gasteiger partial charge on any atom is 0.234 e. The van der Waals surface area contributed by atoms with Crippen molar-refractivity contribution in [2.24, 2.45) is 5.73 Å². The van der Waals surface area contributed by atoms with E-state index < -0.39 is 0 Å². The fourth-order valence-corrected chi connectivity index (χ4v) is 2.31. The van der Waals surface area contributed by atoms with E-state index in [2.05, 4.69) is 15.1 Å². The van der Waals surface area contributed by atoms with Crippen molar-refractivity contribution in [3.63, 3.8) is 0 Å². The second kappa shape index (κ2) is 7.82. The van der Waals surface area contributed by atoms with Crippen LogP contribution < -0.4 is 11.1 Å². The van der Waals surface area contributed by atoms with Crippen molar-refractivity contribution in [2.75, 3.05) is 45.8 Å². The first-order chi connectivity index (χ1) is 8.90. The summed E-state index contributed by atoms with van der Waals surface area (Å²) in [7, 11) is 0. The molecule has 1 rings (SSSR count). The Labute approximate surface area is 117 Å². The van der Waals surface area contributed by atoms with Crippen LogP contribution in [0.25, 0.3) is 0 Å². The molecule has 0 spiro atoms. The number of nitrogens with two attached hydrogens (primary N) is 1. The highest BCUT2D eigenvalue weighted by atomic mass is 16.2. The highest BCUT2D eigenvalue weighted by Gasteiger charge is 2.20. The van der Waals surface area contributed by atoms with Crippen LogP contribution in [-0.2, 0) is 4.79 Å². The van der Waals surface area contributed by atoms with Gasteiger partial charge in [0.2, 0.25) is 5.91 Å². The third-order valence-corrected chi connectivity index (χ3v) is 3.28. The van der Waals surface area contributed by atoms with Crippen LogP contribution in [0.5, 0.6) is 0 Å². The number of piperazine rings is 1. The van der Waals surface area contributed by atoms with Gasteiger partial charge in [-0.2, -0.15) is 0 Å². The molecule has 1 saturated heterocycles. The minimum absolute atomic E-state index is 0.129. The van der Waals surface area contributed by atoms with Crippen molar-refractivity contribution < 1.29 is 4.79 Å². The normalized spacial score (nSPS) is 18.5. The summed E-state index contributed by atoms with van der Waals surface area (Å²) < 4.78 is 0. The summed E-state index contributed by atoms with van der Waals surface area (Å²) in [4.78, 5) is 16.5. The molecule has 1 fully saturated rings. The number of carbonyl (C=O) groups is 1. The summed E-state index contributed by atoms with van der Waals surface area (Å²) in [6.45, 7) is 12.6. The molecule has 0 bridgehead atoms. The Morgan fingerprint density at radius 2 is 1.68 bits per heavy atom. The van der Waals surface area contributed by atoms with E-state index in [1.54, 1.807) is 0 Å². The standard InChI is InChI=1S/C14H30N4O/c1-14(2,3)16-13(19)12-18-10-8-17(9-11-18)7-5-4-6-15/h4-12,15H2,1-3H3,(H,16,19). The first-order valence-corrected chi connectivity index (χ1v) is 7.36. The molecule has 1 amide bonds. The van der Waals surface area contributed by atoms with Crippen LogP contribution in [-0.4, -0.2) is 67.1 Å². The quantitative estimate of drug-likeness (QED) is 0.680. The van der Waals surface area contributed by atoms with Gasteiger partial charge in [-0.05, 0) is 46.7 Å². The van der Waals surface area contributed by atoms with E-state index in [0.717, 1.165) is 45.7 Å². The van der Waals surface area contributed by atoms with Gasteiger partial charge in [-0.1, -0.05) is 0 Å². The van der Waals surface area contributed by atoms with Crippen molar-refractivity contribution in [2.45, 2.75) is 39.2 Å². The molecule has 0 atom stereocenters. The summed E-state index contributed by atoms with van der Waals surface area (Å²) in [6, 6.07) is 0. The molecule has 3 N–H and O–H groups in total. The summed E-state index contributed by atoms with van der Waals surface area (Å²) >= 11 is 0. The van der Waals surface area contributed by atoms with Gasteiger partial charge in [-0.3, -0.25) is 9.69 Å². The topological polar surface area (TPSA) is 61.6 Å². The number of unbranched alkanes of at least 4 members (excludes halogenated alkanes) is 1. The Morgan fingerprint density at radius 1 is 1.11 bits per heavy atom. The summed E-state index contributed by atoms with van der Waals surface area (Å²) in [5.74, 6) is 0.129. The molecule has 0 aromatic carbocycles. The van der Waals surface area contributed by atoms with Gasteiger partial charge in [0, 0.05) is 31.7 Å². The van der Waals surface area contributed by atoms with Gasteiger partial charge in [0.15, 0.2) is 0 Å². The number of nitrogens with zero attached hydrogens (tertiary/aromatic N) is 2. The monoisotopic (exact) mass is 270 g/mol. The Hall–Kier alpha value is -0.650. The van der Waals surface area contributed by atoms with Crippen LogP contribution in [0.2, 0.25) is 0 Å². The fourth-order valence-electron chi connectivity index (χ4n) is 2.31. The maximum atomic E-state index is 11.8. The molecule has 0 aliphatic carbocycles. The molecular formula is C14H30N4O. The zero-order chi connectivity index (χ0) is 14.3.